The molecule has 0 unspecified atom stereocenters. The lowest BCUT2D eigenvalue weighted by molar-refractivity contribution is 0.102. The second-order valence-corrected chi connectivity index (χ2v) is 4.50. The van der Waals surface area contributed by atoms with Crippen LogP contribution in [0.3, 0.4) is 0 Å². The van der Waals surface area contributed by atoms with E-state index < -0.39 is 0 Å². The van der Waals surface area contributed by atoms with Crippen molar-refractivity contribution in [3.8, 4) is 0 Å². The average Bonchev–Trinajstić information content (AvgIpc) is 2.89. The molecule has 0 saturated carbocycles. The van der Waals surface area contributed by atoms with Gasteiger partial charge in [-0.1, -0.05) is 6.07 Å². The summed E-state index contributed by atoms with van der Waals surface area (Å²) in [4.78, 5) is 12.5. The number of aromatic nitrogens is 2. The Morgan fingerprint density at radius 3 is 3.12 bits per heavy atom. The smallest absolute Gasteiger partial charge is 0.266 e. The van der Waals surface area contributed by atoms with Crippen LogP contribution in [0.5, 0.6) is 0 Å². The highest BCUT2D eigenvalue weighted by Crippen LogP contribution is 2.14. The molecule has 0 atom stereocenters. The van der Waals surface area contributed by atoms with Crippen molar-refractivity contribution in [2.45, 2.75) is 13.5 Å². The van der Waals surface area contributed by atoms with Crippen LogP contribution in [-0.2, 0) is 6.54 Å². The molecule has 0 aliphatic rings. The van der Waals surface area contributed by atoms with Gasteiger partial charge < -0.3 is 10.4 Å². The molecule has 0 aromatic carbocycles. The summed E-state index contributed by atoms with van der Waals surface area (Å²) in [7, 11) is 0. The zero-order chi connectivity index (χ0) is 12.3. The zero-order valence-electron chi connectivity index (χ0n) is 9.38. The first-order valence-corrected chi connectivity index (χ1v) is 6.09. The van der Waals surface area contributed by atoms with E-state index in [1.807, 2.05) is 18.4 Å². The molecule has 90 valence electrons. The Morgan fingerprint density at radius 1 is 1.65 bits per heavy atom. The third kappa shape index (κ3) is 2.72. The third-order valence-electron chi connectivity index (χ3n) is 2.20. The van der Waals surface area contributed by atoms with Crippen LogP contribution in [-0.4, -0.2) is 27.4 Å². The van der Waals surface area contributed by atoms with Gasteiger partial charge in [-0.25, -0.2) is 4.68 Å². The molecule has 5 nitrogen and oxygen atoms in total. The number of carbonyl (C=O) groups is 1. The first-order chi connectivity index (χ1) is 8.20. The van der Waals surface area contributed by atoms with Crippen molar-refractivity contribution in [2.75, 3.05) is 11.9 Å². The van der Waals surface area contributed by atoms with Crippen LogP contribution in [0, 0.1) is 6.92 Å². The van der Waals surface area contributed by atoms with Gasteiger partial charge in [0.15, 0.2) is 0 Å². The lowest BCUT2D eigenvalue weighted by Crippen LogP contribution is -2.15. The number of hydrogen-bond acceptors (Lipinski definition) is 4. The number of nitrogens with zero attached hydrogens (tertiary/aromatic N) is 2. The molecule has 2 N–H and O–H groups in total. The number of nitrogens with one attached hydrogen (secondary N) is 1. The molecule has 0 aliphatic carbocycles. The number of thiophene rings is 1. The summed E-state index contributed by atoms with van der Waals surface area (Å²) in [6, 6.07) is 5.37. The van der Waals surface area contributed by atoms with Gasteiger partial charge in [0.1, 0.15) is 5.82 Å². The van der Waals surface area contributed by atoms with E-state index in [4.69, 9.17) is 5.11 Å². The lowest BCUT2D eigenvalue weighted by Gasteiger charge is -2.06. The van der Waals surface area contributed by atoms with E-state index in [1.54, 1.807) is 16.8 Å². The van der Waals surface area contributed by atoms with Gasteiger partial charge in [-0.2, -0.15) is 5.10 Å². The molecule has 2 rings (SSSR count). The van der Waals surface area contributed by atoms with Crippen LogP contribution >= 0.6 is 11.3 Å². The summed E-state index contributed by atoms with van der Waals surface area (Å²) in [5.41, 5.74) is 0.805. The Balaban J connectivity index is 2.15. The van der Waals surface area contributed by atoms with Crippen LogP contribution in [0.1, 0.15) is 15.4 Å². The Morgan fingerprint density at radius 2 is 2.47 bits per heavy atom. The van der Waals surface area contributed by atoms with Crippen molar-refractivity contribution < 1.29 is 9.90 Å². The summed E-state index contributed by atoms with van der Waals surface area (Å²) in [5, 5.41) is 17.7. The van der Waals surface area contributed by atoms with Crippen LogP contribution < -0.4 is 5.32 Å². The van der Waals surface area contributed by atoms with Crippen LogP contribution in [0.2, 0.25) is 0 Å². The maximum atomic E-state index is 11.8. The first kappa shape index (κ1) is 11.8. The van der Waals surface area contributed by atoms with Crippen molar-refractivity contribution in [2.24, 2.45) is 0 Å². The summed E-state index contributed by atoms with van der Waals surface area (Å²) >= 11 is 1.39. The zero-order valence-corrected chi connectivity index (χ0v) is 10.2. The molecule has 0 bridgehead atoms. The van der Waals surface area contributed by atoms with Gasteiger partial charge in [0.05, 0.1) is 23.7 Å². The molecule has 1 amide bonds. The number of anilines is 1. The molecule has 2 aromatic heterocycles. The number of aliphatic hydroxyl groups is 1. The Labute approximate surface area is 103 Å². The fraction of sp³-hybridized carbons (Fsp3) is 0.273. The van der Waals surface area contributed by atoms with Crippen molar-refractivity contribution in [3.05, 3.63) is 34.2 Å². The summed E-state index contributed by atoms with van der Waals surface area (Å²) in [5.74, 6) is 0.453. The number of amides is 1. The molecule has 0 radical (unpaired) electrons. The van der Waals surface area contributed by atoms with Gasteiger partial charge in [-0.15, -0.1) is 11.3 Å². The van der Waals surface area contributed by atoms with Crippen LogP contribution in [0.4, 0.5) is 5.82 Å². The summed E-state index contributed by atoms with van der Waals surface area (Å²) < 4.78 is 1.58. The van der Waals surface area contributed by atoms with Crippen LogP contribution in [0.15, 0.2) is 23.6 Å². The van der Waals surface area contributed by atoms with Gasteiger partial charge in [0.25, 0.3) is 5.91 Å². The highest BCUT2D eigenvalue weighted by Gasteiger charge is 2.11. The minimum atomic E-state index is -0.154. The molecule has 0 fully saturated rings. The summed E-state index contributed by atoms with van der Waals surface area (Å²) in [6.07, 6.45) is 0. The van der Waals surface area contributed by atoms with Gasteiger partial charge in [-0.05, 0) is 18.4 Å². The Hall–Kier alpha value is -1.66. The first-order valence-electron chi connectivity index (χ1n) is 5.21. The largest absolute Gasteiger partial charge is 0.394 e. The number of rotatable bonds is 4. The standard InChI is InChI=1S/C11H13N3O2S/c1-8-7-10(14(13-8)4-5-15)12-11(16)9-3-2-6-17-9/h2-3,6-7,15H,4-5H2,1H3,(H,12,16). The van der Waals surface area contributed by atoms with E-state index in [0.717, 1.165) is 5.69 Å². The molecule has 0 spiro atoms. The third-order valence-corrected chi connectivity index (χ3v) is 3.07. The fourth-order valence-electron chi connectivity index (χ4n) is 1.50. The van der Waals surface area contributed by atoms with E-state index in [9.17, 15) is 4.79 Å². The van der Waals surface area contributed by atoms with E-state index in [-0.39, 0.29) is 12.5 Å². The quantitative estimate of drug-likeness (QED) is 0.865. The Kier molecular flexibility index (Phi) is 3.55. The van der Waals surface area contributed by atoms with Gasteiger partial charge in [0, 0.05) is 6.07 Å². The Bertz CT molecular complexity index is 505. The second-order valence-electron chi connectivity index (χ2n) is 3.55. The highest BCUT2D eigenvalue weighted by atomic mass is 32.1. The van der Waals surface area contributed by atoms with Gasteiger partial charge >= 0.3 is 0 Å². The molecular weight excluding hydrogens is 238 g/mol. The van der Waals surface area contributed by atoms with Gasteiger partial charge in [0.2, 0.25) is 0 Å². The predicted molar refractivity (Wildman–Crippen MR) is 66.3 cm³/mol. The SMILES string of the molecule is Cc1cc(NC(=O)c2cccs2)n(CCO)n1. The minimum Gasteiger partial charge on any atom is -0.394 e. The number of hydrogen-bond donors (Lipinski definition) is 2. The molecule has 17 heavy (non-hydrogen) atoms. The minimum absolute atomic E-state index is 0.0109. The van der Waals surface area contributed by atoms with Crippen molar-refractivity contribution >= 4 is 23.1 Å². The average molecular weight is 251 g/mol. The normalized spacial score (nSPS) is 10.5. The molecule has 0 saturated heterocycles. The maximum Gasteiger partial charge on any atom is 0.266 e. The van der Waals surface area contributed by atoms with E-state index >= 15 is 0 Å². The number of aryl methyl sites for hydroxylation is 1. The van der Waals surface area contributed by atoms with Gasteiger partial charge in [-0.3, -0.25) is 4.79 Å². The topological polar surface area (TPSA) is 67.2 Å². The van der Waals surface area contributed by atoms with Crippen molar-refractivity contribution in [1.82, 2.24) is 9.78 Å². The monoisotopic (exact) mass is 251 g/mol. The predicted octanol–water partition coefficient (Wildman–Crippen LogP) is 1.50. The van der Waals surface area contributed by atoms with Crippen molar-refractivity contribution in [1.29, 1.82) is 0 Å². The number of aliphatic hydroxyl groups excluding tert-OH is 1. The fourth-order valence-corrected chi connectivity index (χ4v) is 2.12. The van der Waals surface area contributed by atoms with Crippen molar-refractivity contribution in [3.63, 3.8) is 0 Å². The number of carbonyl (C=O) groups excluding carboxylic acids is 1. The lowest BCUT2D eigenvalue weighted by atomic mass is 10.4. The van der Waals surface area contributed by atoms with Crippen LogP contribution in [0.25, 0.3) is 0 Å². The maximum absolute atomic E-state index is 11.8. The molecule has 6 heteroatoms. The molecule has 0 aliphatic heterocycles. The highest BCUT2D eigenvalue weighted by molar-refractivity contribution is 7.12. The van der Waals surface area contributed by atoms with E-state index in [0.29, 0.717) is 17.2 Å². The second kappa shape index (κ2) is 5.11. The molecule has 2 aromatic rings. The van der Waals surface area contributed by atoms with E-state index in [1.165, 1.54) is 11.3 Å². The van der Waals surface area contributed by atoms with E-state index in [2.05, 4.69) is 10.4 Å². The summed E-state index contributed by atoms with van der Waals surface area (Å²) in [6.45, 7) is 2.20. The molecular formula is C11H13N3O2S. The molecule has 2 heterocycles.